The molecule has 0 unspecified atom stereocenters. The minimum Gasteiger partial charge on any atom is -0.462 e. The predicted molar refractivity (Wildman–Crippen MR) is 85.7 cm³/mol. The van der Waals surface area contributed by atoms with E-state index in [1.54, 1.807) is 11.3 Å². The van der Waals surface area contributed by atoms with Crippen LogP contribution >= 0.6 is 23.1 Å². The number of nitrogens with two attached hydrogens (primary N) is 1. The molecule has 2 N–H and O–H groups in total. The van der Waals surface area contributed by atoms with E-state index in [1.165, 1.54) is 41.2 Å². The summed E-state index contributed by atoms with van der Waals surface area (Å²) >= 11 is 3.68. The van der Waals surface area contributed by atoms with E-state index in [2.05, 4.69) is 11.8 Å². The number of thiophene rings is 1. The number of carbonyl (C=O) groups is 1. The zero-order valence-corrected chi connectivity index (χ0v) is 13.5. The number of hydrogen-bond donors (Lipinski definition) is 1. The van der Waals surface area contributed by atoms with Crippen LogP contribution in [0.15, 0.2) is 0 Å². The van der Waals surface area contributed by atoms with Crippen LogP contribution in [-0.2, 0) is 17.6 Å². The van der Waals surface area contributed by atoms with E-state index in [1.807, 2.05) is 6.92 Å². The predicted octanol–water partition coefficient (Wildman–Crippen LogP) is 3.51. The van der Waals surface area contributed by atoms with Gasteiger partial charge in [0.25, 0.3) is 0 Å². The van der Waals surface area contributed by atoms with Crippen molar-refractivity contribution in [3.05, 3.63) is 16.0 Å². The zero-order valence-electron chi connectivity index (χ0n) is 11.9. The van der Waals surface area contributed by atoms with Gasteiger partial charge in [-0.25, -0.2) is 4.79 Å². The van der Waals surface area contributed by atoms with Crippen molar-refractivity contribution in [3.63, 3.8) is 0 Å². The van der Waals surface area contributed by atoms with Crippen LogP contribution in [0.4, 0.5) is 5.00 Å². The number of anilines is 1. The van der Waals surface area contributed by atoms with E-state index in [9.17, 15) is 4.79 Å². The molecule has 1 aliphatic heterocycles. The van der Waals surface area contributed by atoms with Crippen molar-refractivity contribution >= 4 is 34.1 Å². The van der Waals surface area contributed by atoms with Crippen LogP contribution < -0.4 is 5.73 Å². The molecule has 20 heavy (non-hydrogen) atoms. The van der Waals surface area contributed by atoms with Gasteiger partial charge in [0.05, 0.1) is 12.2 Å². The van der Waals surface area contributed by atoms with Crippen LogP contribution in [0.1, 0.15) is 47.0 Å². The van der Waals surface area contributed by atoms with Crippen LogP contribution in [-0.4, -0.2) is 24.1 Å². The van der Waals surface area contributed by atoms with Crippen LogP contribution in [0.2, 0.25) is 0 Å². The summed E-state index contributed by atoms with van der Waals surface area (Å²) in [4.78, 5) is 13.4. The third-order valence-electron chi connectivity index (χ3n) is 4.59. The lowest BCUT2D eigenvalue weighted by molar-refractivity contribution is 0.0526. The Morgan fingerprint density at radius 2 is 2.10 bits per heavy atom. The molecule has 1 saturated heterocycles. The number of hydrogen-bond acceptors (Lipinski definition) is 5. The first-order valence-corrected chi connectivity index (χ1v) is 9.27. The van der Waals surface area contributed by atoms with Crippen LogP contribution in [0.25, 0.3) is 0 Å². The van der Waals surface area contributed by atoms with Crippen molar-refractivity contribution < 1.29 is 9.53 Å². The standard InChI is InChI=1S/C15H21NO2S2/c1-2-18-14(17)12-10-3-4-15(5-7-19-8-6-15)9-11(10)20-13(12)16/h2-9,16H2,1H3. The van der Waals surface area contributed by atoms with Crippen molar-refractivity contribution in [3.8, 4) is 0 Å². The molecule has 0 saturated carbocycles. The maximum absolute atomic E-state index is 12.1. The van der Waals surface area contributed by atoms with E-state index in [0.29, 0.717) is 22.6 Å². The second-order valence-electron chi connectivity index (χ2n) is 5.75. The average Bonchev–Trinajstić information content (AvgIpc) is 2.75. The van der Waals surface area contributed by atoms with Gasteiger partial charge in [0.15, 0.2) is 0 Å². The SMILES string of the molecule is CCOC(=O)c1c(N)sc2c1CCC1(CCSCC1)C2. The zero-order chi connectivity index (χ0) is 14.2. The maximum atomic E-state index is 12.1. The molecular formula is C15H21NO2S2. The Bertz CT molecular complexity index is 518. The summed E-state index contributed by atoms with van der Waals surface area (Å²) in [5.41, 5.74) is 8.39. The van der Waals surface area contributed by atoms with Crippen molar-refractivity contribution in [2.24, 2.45) is 5.41 Å². The summed E-state index contributed by atoms with van der Waals surface area (Å²) in [6.07, 6.45) is 5.91. The van der Waals surface area contributed by atoms with Gasteiger partial charge < -0.3 is 10.5 Å². The molecule has 1 aliphatic carbocycles. The molecule has 1 aromatic heterocycles. The number of ether oxygens (including phenoxy) is 1. The smallest absolute Gasteiger partial charge is 0.341 e. The van der Waals surface area contributed by atoms with Gasteiger partial charge in [0, 0.05) is 4.88 Å². The van der Waals surface area contributed by atoms with E-state index in [-0.39, 0.29) is 5.97 Å². The fourth-order valence-electron chi connectivity index (χ4n) is 3.42. The summed E-state index contributed by atoms with van der Waals surface area (Å²) in [5, 5.41) is 0.649. The first kappa shape index (κ1) is 14.3. The first-order valence-electron chi connectivity index (χ1n) is 7.30. The summed E-state index contributed by atoms with van der Waals surface area (Å²) in [6, 6.07) is 0. The third-order valence-corrected chi connectivity index (χ3v) is 6.64. The van der Waals surface area contributed by atoms with Gasteiger partial charge in [-0.05, 0) is 61.5 Å². The number of rotatable bonds is 2. The van der Waals surface area contributed by atoms with Crippen molar-refractivity contribution in [2.45, 2.75) is 39.0 Å². The Labute approximate surface area is 128 Å². The van der Waals surface area contributed by atoms with Crippen LogP contribution in [0.5, 0.6) is 0 Å². The Morgan fingerprint density at radius 1 is 1.35 bits per heavy atom. The molecule has 1 aromatic rings. The van der Waals surface area contributed by atoms with Crippen molar-refractivity contribution in [1.82, 2.24) is 0 Å². The van der Waals surface area contributed by atoms with Gasteiger partial charge in [-0.3, -0.25) is 0 Å². The van der Waals surface area contributed by atoms with Crippen LogP contribution in [0, 0.1) is 5.41 Å². The molecule has 0 aromatic carbocycles. The highest BCUT2D eigenvalue weighted by Crippen LogP contribution is 2.49. The number of carbonyl (C=O) groups excluding carboxylic acids is 1. The molecular weight excluding hydrogens is 290 g/mol. The highest BCUT2D eigenvalue weighted by molar-refractivity contribution is 7.99. The van der Waals surface area contributed by atoms with Crippen LogP contribution in [0.3, 0.4) is 0 Å². The minimum atomic E-state index is -0.238. The highest BCUT2D eigenvalue weighted by atomic mass is 32.2. The molecule has 0 amide bonds. The fraction of sp³-hybridized carbons (Fsp3) is 0.667. The Morgan fingerprint density at radius 3 is 2.80 bits per heavy atom. The molecule has 3 nitrogen and oxygen atoms in total. The normalized spacial score (nSPS) is 20.6. The maximum Gasteiger partial charge on any atom is 0.341 e. The lowest BCUT2D eigenvalue weighted by Crippen LogP contribution is -2.32. The number of thioether (sulfide) groups is 1. The summed E-state index contributed by atoms with van der Waals surface area (Å²) in [7, 11) is 0. The first-order chi connectivity index (χ1) is 9.65. The van der Waals surface area contributed by atoms with Gasteiger partial charge >= 0.3 is 5.97 Å². The van der Waals surface area contributed by atoms with Gasteiger partial charge in [0.2, 0.25) is 0 Å². The van der Waals surface area contributed by atoms with Gasteiger partial charge in [0.1, 0.15) is 5.00 Å². The molecule has 3 rings (SSSR count). The molecule has 2 aliphatic rings. The van der Waals surface area contributed by atoms with E-state index >= 15 is 0 Å². The van der Waals surface area contributed by atoms with Crippen molar-refractivity contribution in [1.29, 1.82) is 0 Å². The molecule has 0 atom stereocenters. The largest absolute Gasteiger partial charge is 0.462 e. The van der Waals surface area contributed by atoms with Gasteiger partial charge in [-0.2, -0.15) is 11.8 Å². The number of fused-ring (bicyclic) bond motifs is 1. The lowest BCUT2D eigenvalue weighted by Gasteiger charge is -2.40. The molecule has 0 bridgehead atoms. The van der Waals surface area contributed by atoms with Crippen molar-refractivity contribution in [2.75, 3.05) is 23.8 Å². The topological polar surface area (TPSA) is 52.3 Å². The van der Waals surface area contributed by atoms with E-state index in [4.69, 9.17) is 10.5 Å². The minimum absolute atomic E-state index is 0.238. The van der Waals surface area contributed by atoms with E-state index < -0.39 is 0 Å². The number of nitrogen functional groups attached to an aromatic ring is 1. The fourth-order valence-corrected chi connectivity index (χ4v) is 6.06. The average molecular weight is 311 g/mol. The lowest BCUT2D eigenvalue weighted by atomic mass is 9.70. The quantitative estimate of drug-likeness (QED) is 0.849. The Hall–Kier alpha value is -0.680. The summed E-state index contributed by atoms with van der Waals surface area (Å²) in [5.74, 6) is 2.32. The Kier molecular flexibility index (Phi) is 4.00. The molecule has 110 valence electrons. The molecule has 1 fully saturated rings. The van der Waals surface area contributed by atoms with Gasteiger partial charge in [-0.15, -0.1) is 11.3 Å². The highest BCUT2D eigenvalue weighted by Gasteiger charge is 2.38. The second kappa shape index (κ2) is 5.60. The Balaban J connectivity index is 1.88. The van der Waals surface area contributed by atoms with Gasteiger partial charge in [-0.1, -0.05) is 0 Å². The molecule has 2 heterocycles. The molecule has 5 heteroatoms. The molecule has 0 radical (unpaired) electrons. The third kappa shape index (κ3) is 2.46. The van der Waals surface area contributed by atoms with E-state index in [0.717, 1.165) is 12.8 Å². The monoisotopic (exact) mass is 311 g/mol. The molecule has 1 spiro atoms. The summed E-state index contributed by atoms with van der Waals surface area (Å²) in [6.45, 7) is 2.24. The second-order valence-corrected chi connectivity index (χ2v) is 8.11. The number of esters is 1. The summed E-state index contributed by atoms with van der Waals surface area (Å²) < 4.78 is 5.15.